The summed E-state index contributed by atoms with van der Waals surface area (Å²) < 4.78 is 0. The number of nitrogens with one attached hydrogen (secondary N) is 2. The van der Waals surface area contributed by atoms with Crippen LogP contribution in [0.2, 0.25) is 0 Å². The summed E-state index contributed by atoms with van der Waals surface area (Å²) in [4.78, 5) is 31.2. The van der Waals surface area contributed by atoms with Gasteiger partial charge in [0.2, 0.25) is 11.8 Å². The zero-order valence-corrected chi connectivity index (χ0v) is 16.2. The van der Waals surface area contributed by atoms with Gasteiger partial charge in [-0.1, -0.05) is 0 Å². The maximum atomic E-state index is 12.1. The number of aryl methyl sites for hydroxylation is 1. The van der Waals surface area contributed by atoms with E-state index in [0.717, 1.165) is 30.3 Å². The van der Waals surface area contributed by atoms with Crippen LogP contribution in [0.5, 0.6) is 0 Å². The lowest BCUT2D eigenvalue weighted by Crippen LogP contribution is -2.23. The molecule has 28 heavy (non-hydrogen) atoms. The van der Waals surface area contributed by atoms with Gasteiger partial charge in [-0.2, -0.15) is 4.98 Å². The Balaban J connectivity index is 1.70. The minimum atomic E-state index is -0.354. The van der Waals surface area contributed by atoms with E-state index in [1.807, 2.05) is 25.1 Å². The van der Waals surface area contributed by atoms with E-state index in [0.29, 0.717) is 11.6 Å². The molecule has 0 radical (unpaired) electrons. The van der Waals surface area contributed by atoms with Gasteiger partial charge in [-0.25, -0.2) is 15.0 Å². The fourth-order valence-corrected chi connectivity index (χ4v) is 2.69. The van der Waals surface area contributed by atoms with Gasteiger partial charge >= 0.3 is 0 Å². The molecule has 2 N–H and O–H groups in total. The molecule has 0 aliphatic carbocycles. The van der Waals surface area contributed by atoms with Crippen LogP contribution in [0.25, 0.3) is 0 Å². The predicted octanol–water partition coefficient (Wildman–Crippen LogP) is 3.42. The number of carbonyl (C=O) groups excluding carboxylic acids is 1. The lowest BCUT2D eigenvalue weighted by molar-refractivity contribution is 0.101. The van der Waals surface area contributed by atoms with E-state index >= 15 is 0 Å². The lowest BCUT2D eigenvalue weighted by Gasteiger charge is -2.20. The van der Waals surface area contributed by atoms with Crippen molar-refractivity contribution in [2.75, 3.05) is 28.6 Å². The van der Waals surface area contributed by atoms with Crippen molar-refractivity contribution in [3.8, 4) is 0 Å². The van der Waals surface area contributed by atoms with Crippen LogP contribution in [0.4, 0.5) is 23.1 Å². The van der Waals surface area contributed by atoms with E-state index in [9.17, 15) is 4.79 Å². The highest BCUT2D eigenvalue weighted by Gasteiger charge is 2.10. The topological polar surface area (TPSA) is 95.9 Å². The molecule has 8 nitrogen and oxygen atoms in total. The first-order valence-electron chi connectivity index (χ1n) is 9.15. The second kappa shape index (κ2) is 8.90. The number of hydrogen-bond acceptors (Lipinski definition) is 7. The summed E-state index contributed by atoms with van der Waals surface area (Å²) in [6.07, 6.45) is 3.06. The van der Waals surface area contributed by atoms with Gasteiger partial charge in [-0.05, 0) is 51.1 Å². The predicted molar refractivity (Wildman–Crippen MR) is 110 cm³/mol. The summed E-state index contributed by atoms with van der Waals surface area (Å²) in [6.45, 7) is 7.91. The molecule has 3 rings (SSSR count). The van der Waals surface area contributed by atoms with Crippen LogP contribution in [-0.2, 0) is 0 Å². The Hall–Kier alpha value is -3.55. The number of aromatic nitrogens is 4. The maximum Gasteiger partial charge on any atom is 0.293 e. The smallest absolute Gasteiger partial charge is 0.293 e. The van der Waals surface area contributed by atoms with Crippen molar-refractivity contribution in [3.05, 3.63) is 60.3 Å². The van der Waals surface area contributed by atoms with Crippen LogP contribution < -0.4 is 15.5 Å². The third-order valence-corrected chi connectivity index (χ3v) is 4.10. The normalized spacial score (nSPS) is 10.4. The number of amides is 1. The van der Waals surface area contributed by atoms with Gasteiger partial charge in [-0.15, -0.1) is 0 Å². The van der Waals surface area contributed by atoms with Crippen LogP contribution in [0.3, 0.4) is 0 Å². The lowest BCUT2D eigenvalue weighted by atomic mass is 10.2. The molecule has 1 aromatic carbocycles. The molecule has 0 unspecified atom stereocenters. The zero-order chi connectivity index (χ0) is 19.9. The Morgan fingerprint density at radius 1 is 1.00 bits per heavy atom. The second-order valence-electron chi connectivity index (χ2n) is 6.09. The maximum absolute atomic E-state index is 12.1. The largest absolute Gasteiger partial charge is 0.357 e. The minimum absolute atomic E-state index is 0.127. The van der Waals surface area contributed by atoms with E-state index in [-0.39, 0.29) is 11.7 Å². The van der Waals surface area contributed by atoms with Crippen molar-refractivity contribution >= 4 is 29.0 Å². The van der Waals surface area contributed by atoms with Crippen molar-refractivity contribution in [3.63, 3.8) is 0 Å². The summed E-state index contributed by atoms with van der Waals surface area (Å²) in [5.74, 6) is 1.21. The number of nitrogens with zero attached hydrogens (tertiary/aromatic N) is 5. The zero-order valence-electron chi connectivity index (χ0n) is 16.2. The molecule has 0 saturated heterocycles. The van der Waals surface area contributed by atoms with E-state index in [4.69, 9.17) is 0 Å². The average Bonchev–Trinajstić information content (AvgIpc) is 2.71. The summed E-state index contributed by atoms with van der Waals surface area (Å²) in [6, 6.07) is 10.9. The highest BCUT2D eigenvalue weighted by Crippen LogP contribution is 2.20. The van der Waals surface area contributed by atoms with Crippen molar-refractivity contribution < 1.29 is 4.79 Å². The first-order valence-corrected chi connectivity index (χ1v) is 9.15. The van der Waals surface area contributed by atoms with Gasteiger partial charge < -0.3 is 15.5 Å². The van der Waals surface area contributed by atoms with Crippen LogP contribution in [0.1, 0.15) is 30.2 Å². The first-order chi connectivity index (χ1) is 13.6. The highest BCUT2D eigenvalue weighted by atomic mass is 16.2. The summed E-state index contributed by atoms with van der Waals surface area (Å²) >= 11 is 0. The molecule has 0 spiro atoms. The average molecular weight is 377 g/mol. The Kier molecular flexibility index (Phi) is 6.11. The van der Waals surface area contributed by atoms with Crippen molar-refractivity contribution in [2.24, 2.45) is 0 Å². The summed E-state index contributed by atoms with van der Waals surface area (Å²) in [5.41, 5.74) is 2.37. The van der Waals surface area contributed by atoms with Gasteiger partial charge in [0.25, 0.3) is 5.91 Å². The van der Waals surface area contributed by atoms with Gasteiger partial charge in [0, 0.05) is 48.6 Å². The molecule has 0 bridgehead atoms. The number of carbonyl (C=O) groups is 1. The fraction of sp³-hybridized carbons (Fsp3) is 0.250. The highest BCUT2D eigenvalue weighted by molar-refractivity contribution is 6.01. The molecule has 3 aromatic rings. The standard InChI is InChI=1S/C20H23N7O/c1-4-27(5-2)17-13-14(3)23-20(26-17)25-16-9-7-15(8-10-16)24-19(28)18-21-11-6-12-22-18/h6-13H,4-5H2,1-3H3,(H,24,28)(H,23,25,26). The van der Waals surface area contributed by atoms with E-state index in [2.05, 4.69) is 49.3 Å². The van der Waals surface area contributed by atoms with Crippen molar-refractivity contribution in [1.29, 1.82) is 0 Å². The summed E-state index contributed by atoms with van der Waals surface area (Å²) in [7, 11) is 0. The molecule has 144 valence electrons. The quantitative estimate of drug-likeness (QED) is 0.651. The van der Waals surface area contributed by atoms with E-state index in [1.54, 1.807) is 18.2 Å². The third kappa shape index (κ3) is 4.79. The molecule has 8 heteroatoms. The molecule has 0 aliphatic rings. The monoisotopic (exact) mass is 377 g/mol. The Bertz CT molecular complexity index is 925. The van der Waals surface area contributed by atoms with E-state index < -0.39 is 0 Å². The van der Waals surface area contributed by atoms with Gasteiger partial charge in [0.05, 0.1) is 0 Å². The SMILES string of the molecule is CCN(CC)c1cc(C)nc(Nc2ccc(NC(=O)c3ncccn3)cc2)n1. The van der Waals surface area contributed by atoms with Gasteiger partial charge in [0.1, 0.15) is 5.82 Å². The molecular weight excluding hydrogens is 354 g/mol. The van der Waals surface area contributed by atoms with Gasteiger partial charge in [0.15, 0.2) is 0 Å². The Morgan fingerprint density at radius 3 is 2.29 bits per heavy atom. The van der Waals surface area contributed by atoms with Crippen LogP contribution in [0, 0.1) is 6.92 Å². The first kappa shape index (κ1) is 19.2. The molecule has 0 aliphatic heterocycles. The van der Waals surface area contributed by atoms with Crippen LogP contribution in [0.15, 0.2) is 48.8 Å². The van der Waals surface area contributed by atoms with Crippen LogP contribution >= 0.6 is 0 Å². The molecule has 1 amide bonds. The number of anilines is 4. The minimum Gasteiger partial charge on any atom is -0.357 e. The molecule has 0 saturated carbocycles. The Labute approximate surface area is 164 Å². The third-order valence-electron chi connectivity index (χ3n) is 4.10. The number of rotatable bonds is 7. The Morgan fingerprint density at radius 2 is 1.64 bits per heavy atom. The van der Waals surface area contributed by atoms with Crippen LogP contribution in [-0.4, -0.2) is 38.9 Å². The van der Waals surface area contributed by atoms with E-state index in [1.165, 1.54) is 12.4 Å². The molecule has 0 atom stereocenters. The molecule has 2 aromatic heterocycles. The summed E-state index contributed by atoms with van der Waals surface area (Å²) in [5, 5.41) is 5.98. The molecular formula is C20H23N7O. The van der Waals surface area contributed by atoms with Crippen molar-refractivity contribution in [1.82, 2.24) is 19.9 Å². The van der Waals surface area contributed by atoms with Crippen molar-refractivity contribution in [2.45, 2.75) is 20.8 Å². The second-order valence-corrected chi connectivity index (χ2v) is 6.09. The molecule has 0 fully saturated rings. The fourth-order valence-electron chi connectivity index (χ4n) is 2.69. The molecule has 2 heterocycles. The number of benzene rings is 1. The van der Waals surface area contributed by atoms with Gasteiger partial charge in [-0.3, -0.25) is 4.79 Å². The number of hydrogen-bond donors (Lipinski definition) is 2.